The van der Waals surface area contributed by atoms with Crippen molar-refractivity contribution in [3.05, 3.63) is 29.8 Å². The van der Waals surface area contributed by atoms with Gasteiger partial charge in [0.05, 0.1) is 5.56 Å². The Balaban J connectivity index is 3.35. The van der Waals surface area contributed by atoms with E-state index in [1.807, 2.05) is 0 Å². The van der Waals surface area contributed by atoms with Crippen molar-refractivity contribution >= 4 is 18.7 Å². The van der Waals surface area contributed by atoms with E-state index >= 15 is 0 Å². The number of benzene rings is 1. The molecule has 0 saturated carbocycles. The Morgan fingerprint density at radius 2 is 1.71 bits per heavy atom. The smallest absolute Gasteiger partial charge is 0.335 e. The van der Waals surface area contributed by atoms with E-state index in [9.17, 15) is 9.36 Å². The van der Waals surface area contributed by atoms with Gasteiger partial charge in [0.2, 0.25) is 7.44 Å². The van der Waals surface area contributed by atoms with Crippen LogP contribution < -0.4 is 5.30 Å². The lowest BCUT2D eigenvalue weighted by Gasteiger charge is -2.30. The van der Waals surface area contributed by atoms with E-state index in [4.69, 9.17) is 5.11 Å². The molecule has 5 nitrogen and oxygen atoms in total. The highest BCUT2D eigenvalue weighted by Crippen LogP contribution is 2.48. The molecule has 0 aromatic heterocycles. The van der Waals surface area contributed by atoms with Gasteiger partial charge in [-0.15, -0.1) is 0 Å². The highest BCUT2D eigenvalue weighted by molar-refractivity contribution is 7.67. The molecule has 0 aliphatic rings. The molecule has 17 heavy (non-hydrogen) atoms. The Hall–Kier alpha value is -1.16. The molecule has 0 spiro atoms. The Labute approximate surface area is 101 Å². The topological polar surface area (TPSA) is 60.9 Å². The molecule has 0 unspecified atom stereocenters. The first kappa shape index (κ1) is 13.9. The van der Waals surface area contributed by atoms with Gasteiger partial charge in [0.15, 0.2) is 0 Å². The van der Waals surface area contributed by atoms with Crippen LogP contribution in [-0.2, 0) is 4.57 Å². The third kappa shape index (κ3) is 2.57. The molecule has 0 heterocycles. The lowest BCUT2D eigenvalue weighted by atomic mass is 10.2. The SMILES string of the molecule is CN(C)P(=O)(c1cccc(C(=O)O)c1)N(C)C. The maximum atomic E-state index is 12.8. The van der Waals surface area contributed by atoms with E-state index in [1.54, 1.807) is 49.7 Å². The highest BCUT2D eigenvalue weighted by Gasteiger charge is 2.30. The number of carbonyl (C=O) groups is 1. The van der Waals surface area contributed by atoms with Crippen molar-refractivity contribution in [2.45, 2.75) is 0 Å². The quantitative estimate of drug-likeness (QED) is 0.823. The second-order valence-corrected chi connectivity index (χ2v) is 7.30. The van der Waals surface area contributed by atoms with Crippen LogP contribution in [0.3, 0.4) is 0 Å². The normalized spacial score (nSPS) is 12.1. The zero-order valence-corrected chi connectivity index (χ0v) is 11.3. The highest BCUT2D eigenvalue weighted by atomic mass is 31.2. The first-order valence-corrected chi connectivity index (χ1v) is 6.71. The van der Waals surface area contributed by atoms with Gasteiger partial charge >= 0.3 is 5.97 Å². The number of nitrogens with zero attached hydrogens (tertiary/aromatic N) is 2. The molecule has 94 valence electrons. The first-order chi connectivity index (χ1) is 7.80. The molecule has 1 aromatic carbocycles. The first-order valence-electron chi connectivity index (χ1n) is 5.09. The van der Waals surface area contributed by atoms with Gasteiger partial charge in [-0.2, -0.15) is 0 Å². The van der Waals surface area contributed by atoms with E-state index in [2.05, 4.69) is 0 Å². The maximum absolute atomic E-state index is 12.8. The van der Waals surface area contributed by atoms with Crippen molar-refractivity contribution in [1.82, 2.24) is 9.34 Å². The Bertz CT molecular complexity index is 460. The number of carboxylic acid groups (broad SMARTS) is 1. The molecule has 1 aromatic rings. The van der Waals surface area contributed by atoms with Crippen LogP contribution in [0.15, 0.2) is 24.3 Å². The summed E-state index contributed by atoms with van der Waals surface area (Å²) in [5, 5.41) is 9.46. The van der Waals surface area contributed by atoms with Gasteiger partial charge in [-0.3, -0.25) is 4.57 Å². The van der Waals surface area contributed by atoms with Crippen molar-refractivity contribution in [2.24, 2.45) is 0 Å². The van der Waals surface area contributed by atoms with Crippen LogP contribution in [-0.4, -0.2) is 48.6 Å². The van der Waals surface area contributed by atoms with Gasteiger partial charge in [0.25, 0.3) is 0 Å². The lowest BCUT2D eigenvalue weighted by molar-refractivity contribution is 0.0697. The van der Waals surface area contributed by atoms with Crippen molar-refractivity contribution in [1.29, 1.82) is 0 Å². The number of hydrogen-bond donors (Lipinski definition) is 1. The molecular formula is C11H17N2O3P. The fraction of sp³-hybridized carbons (Fsp3) is 0.364. The number of carboxylic acids is 1. The number of rotatable bonds is 4. The van der Waals surface area contributed by atoms with Gasteiger partial charge in [0.1, 0.15) is 0 Å². The molecule has 1 rings (SSSR count). The molecule has 0 bridgehead atoms. The van der Waals surface area contributed by atoms with Gasteiger partial charge in [-0.05, 0) is 46.4 Å². The molecule has 0 amide bonds. The van der Waals surface area contributed by atoms with Crippen molar-refractivity contribution in [3.8, 4) is 0 Å². The van der Waals surface area contributed by atoms with Gasteiger partial charge < -0.3 is 5.11 Å². The minimum absolute atomic E-state index is 0.145. The summed E-state index contributed by atoms with van der Waals surface area (Å²) in [6, 6.07) is 6.25. The van der Waals surface area contributed by atoms with Crippen molar-refractivity contribution in [2.75, 3.05) is 28.2 Å². The number of hydrogen-bond acceptors (Lipinski definition) is 2. The summed E-state index contributed by atoms with van der Waals surface area (Å²) in [6.45, 7) is 0. The van der Waals surface area contributed by atoms with Crippen LogP contribution in [0.1, 0.15) is 10.4 Å². The van der Waals surface area contributed by atoms with Crippen LogP contribution >= 0.6 is 7.44 Å². The molecule has 1 N–H and O–H groups in total. The molecule has 0 saturated heterocycles. The second-order valence-electron chi connectivity index (χ2n) is 4.09. The van der Waals surface area contributed by atoms with E-state index in [1.165, 1.54) is 12.1 Å². The van der Waals surface area contributed by atoms with Crippen LogP contribution in [0.2, 0.25) is 0 Å². The van der Waals surface area contributed by atoms with E-state index in [0.29, 0.717) is 5.30 Å². The summed E-state index contributed by atoms with van der Waals surface area (Å²) < 4.78 is 16.1. The Kier molecular flexibility index (Phi) is 4.09. The second kappa shape index (κ2) is 5.00. The fourth-order valence-corrected chi connectivity index (χ4v) is 3.87. The summed E-state index contributed by atoms with van der Waals surface area (Å²) >= 11 is 0. The van der Waals surface area contributed by atoms with E-state index < -0.39 is 13.4 Å². The lowest BCUT2D eigenvalue weighted by Crippen LogP contribution is -2.29. The van der Waals surface area contributed by atoms with Gasteiger partial charge in [-0.25, -0.2) is 14.1 Å². The molecule has 0 radical (unpaired) electrons. The van der Waals surface area contributed by atoms with E-state index in [-0.39, 0.29) is 5.56 Å². The van der Waals surface area contributed by atoms with Crippen LogP contribution in [0.25, 0.3) is 0 Å². The minimum atomic E-state index is -2.88. The van der Waals surface area contributed by atoms with Crippen LogP contribution in [0.4, 0.5) is 0 Å². The van der Waals surface area contributed by atoms with E-state index in [0.717, 1.165) is 0 Å². The molecule has 0 fully saturated rings. The zero-order chi connectivity index (χ0) is 13.2. The summed E-state index contributed by atoms with van der Waals surface area (Å²) in [4.78, 5) is 10.9. The average Bonchev–Trinajstić information content (AvgIpc) is 2.27. The summed E-state index contributed by atoms with van der Waals surface area (Å²) in [6.07, 6.45) is 0. The fourth-order valence-electron chi connectivity index (χ4n) is 1.64. The van der Waals surface area contributed by atoms with Crippen LogP contribution in [0, 0.1) is 0 Å². The monoisotopic (exact) mass is 256 g/mol. The van der Waals surface area contributed by atoms with Gasteiger partial charge in [-0.1, -0.05) is 6.07 Å². The third-order valence-electron chi connectivity index (χ3n) is 2.51. The minimum Gasteiger partial charge on any atom is -0.478 e. The van der Waals surface area contributed by atoms with Crippen molar-refractivity contribution in [3.63, 3.8) is 0 Å². The number of aromatic carboxylic acids is 1. The predicted molar refractivity (Wildman–Crippen MR) is 68.0 cm³/mol. The summed E-state index contributed by atoms with van der Waals surface area (Å²) in [7, 11) is 3.99. The van der Waals surface area contributed by atoms with Crippen molar-refractivity contribution < 1.29 is 14.5 Å². The molecule has 0 aliphatic heterocycles. The maximum Gasteiger partial charge on any atom is 0.335 e. The zero-order valence-electron chi connectivity index (χ0n) is 10.4. The Morgan fingerprint density at radius 1 is 1.18 bits per heavy atom. The summed E-state index contributed by atoms with van der Waals surface area (Å²) in [5.41, 5.74) is 0.145. The molecule has 6 heteroatoms. The average molecular weight is 256 g/mol. The Morgan fingerprint density at radius 3 is 2.12 bits per heavy atom. The predicted octanol–water partition coefficient (Wildman–Crippen LogP) is 1.33. The molecule has 0 aliphatic carbocycles. The van der Waals surface area contributed by atoms with Gasteiger partial charge in [0, 0.05) is 5.30 Å². The standard InChI is InChI=1S/C11H17N2O3P/c1-12(2)17(16,13(3)4)10-7-5-6-9(8-10)11(14)15/h5-8H,1-4H3,(H,14,15). The largest absolute Gasteiger partial charge is 0.478 e. The van der Waals surface area contributed by atoms with Crippen LogP contribution in [0.5, 0.6) is 0 Å². The molecular weight excluding hydrogens is 239 g/mol. The third-order valence-corrected chi connectivity index (χ3v) is 5.63. The summed E-state index contributed by atoms with van der Waals surface area (Å²) in [5.74, 6) is -1.02. The molecule has 0 atom stereocenters.